The van der Waals surface area contributed by atoms with Crippen LogP contribution in [0.25, 0.3) is 0 Å². The van der Waals surface area contributed by atoms with Gasteiger partial charge in [-0.1, -0.05) is 44.9 Å². The first kappa shape index (κ1) is 47.9. The minimum atomic E-state index is -1.07. The molecule has 380 valence electrons. The number of hydrogen-bond donors (Lipinski definition) is 8. The average molecular weight is 973 g/mol. The van der Waals surface area contributed by atoms with Gasteiger partial charge in [0.1, 0.15) is 5.75 Å². The van der Waals surface area contributed by atoms with E-state index in [2.05, 4.69) is 42.5 Å². The predicted molar refractivity (Wildman–Crippen MR) is 266 cm³/mol. The van der Waals surface area contributed by atoms with Gasteiger partial charge < -0.3 is 33.2 Å². The Labute approximate surface area is 412 Å². The molecule has 5 aliphatic heterocycles. The molecule has 2 aromatic rings. The number of benzene rings is 2. The Balaban J connectivity index is 1.01. The molecule has 0 amide bonds. The Bertz CT molecular complexity index is 2120. The summed E-state index contributed by atoms with van der Waals surface area (Å²) in [6.07, 6.45) is 19.2. The molecule has 4 saturated carbocycles. The fraction of sp³-hybridized carbons (Fsp3) is 0.750. The van der Waals surface area contributed by atoms with Crippen LogP contribution in [0.4, 0.5) is 0 Å². The van der Waals surface area contributed by atoms with Gasteiger partial charge >= 0.3 is 5.97 Å². The quantitative estimate of drug-likeness (QED) is 0.0981. The fourth-order valence-electron chi connectivity index (χ4n) is 15.9. The van der Waals surface area contributed by atoms with Crippen LogP contribution >= 0.6 is 0 Å². The van der Waals surface area contributed by atoms with Gasteiger partial charge in [0.05, 0.1) is 97.0 Å². The summed E-state index contributed by atoms with van der Waals surface area (Å²) in [6.45, 7) is 0. The summed E-state index contributed by atoms with van der Waals surface area (Å²) < 4.78 is 41.7. The van der Waals surface area contributed by atoms with Gasteiger partial charge in [-0.25, -0.2) is 0 Å². The molecule has 0 spiro atoms. The summed E-state index contributed by atoms with van der Waals surface area (Å²) in [5, 5.41) is 33.2. The number of fused-ring (bicyclic) bond motifs is 20. The van der Waals surface area contributed by atoms with E-state index in [1.165, 1.54) is 77.0 Å². The number of rotatable bonds is 10. The zero-order chi connectivity index (χ0) is 47.6. The molecule has 4 aliphatic carbocycles. The van der Waals surface area contributed by atoms with E-state index in [9.17, 15) is 0 Å². The van der Waals surface area contributed by atoms with Crippen molar-refractivity contribution < 1.29 is 38.0 Å². The summed E-state index contributed by atoms with van der Waals surface area (Å²) in [4.78, 5) is 15.8. The van der Waals surface area contributed by atoms with Crippen LogP contribution in [0.5, 0.6) is 40.2 Å². The molecule has 17 heteroatoms. The van der Waals surface area contributed by atoms with Gasteiger partial charge in [-0.2, -0.15) is 0 Å². The molecule has 2 aromatic carbocycles. The average Bonchev–Trinajstić information content (AvgIpc) is 4.13. The Morgan fingerprint density at radius 2 is 0.754 bits per heavy atom. The maximum atomic E-state index is 15.8. The van der Waals surface area contributed by atoms with E-state index in [0.29, 0.717) is 86.0 Å². The SMILES string of the molecule is COc1cc(OC(=O)C([SiH3])(c2cc(OC)c(OC)c(OC)c2)C2CCCC3C4NC5NC(NC6NC(NC7NC(NC(N4)C32)C2CCCCC72)C2CCCCC62)C2CCCCC52)cc(OC)c1OC. The van der Waals surface area contributed by atoms with Crippen molar-refractivity contribution in [3.05, 3.63) is 29.8 Å². The predicted octanol–water partition coefficient (Wildman–Crippen LogP) is 3.75. The summed E-state index contributed by atoms with van der Waals surface area (Å²) >= 11 is 0. The first-order chi connectivity index (χ1) is 33.7. The topological polar surface area (TPSA) is 178 Å². The molecule has 5 saturated heterocycles. The summed E-state index contributed by atoms with van der Waals surface area (Å²) in [7, 11) is 10.0. The number of ether oxygens (including phenoxy) is 7. The molecule has 9 aliphatic rings. The van der Waals surface area contributed by atoms with Gasteiger partial charge in [-0.05, 0) is 122 Å². The van der Waals surface area contributed by atoms with E-state index in [1.54, 1.807) is 54.8 Å². The van der Waals surface area contributed by atoms with Gasteiger partial charge in [-0.3, -0.25) is 47.3 Å². The van der Waals surface area contributed by atoms with Gasteiger partial charge in [0.2, 0.25) is 11.5 Å². The van der Waals surface area contributed by atoms with Gasteiger partial charge in [0.15, 0.2) is 23.0 Å². The molecule has 69 heavy (non-hydrogen) atoms. The third-order valence-corrected chi connectivity index (χ3v) is 20.9. The van der Waals surface area contributed by atoms with Crippen molar-refractivity contribution in [3.63, 3.8) is 0 Å². The highest BCUT2D eigenvalue weighted by molar-refractivity contribution is 6.28. The Kier molecular flexibility index (Phi) is 13.8. The second-order valence-corrected chi connectivity index (χ2v) is 23.7. The number of hydrogen-bond acceptors (Lipinski definition) is 16. The standard InChI is InChI=1S/C52H80N8O8Si/c1-62-36-22-26(23-37(63-2)41(36)66-5)52(69,51(61)68-27-24-38(64-3)42(67-6)39(25-27)65-4)35-21-13-20-34-40(35)50-59-48-33-19-12-11-18-32(33)46(57-48)55-44-29-15-8-7-14-28(29)43(53-44)54-45-30-16-9-10-17-31(30)47(56-45)58-49(34)60-50/h22-25,28-35,40,43-50,53-60H,7-21H2,1-6,69H3. The molecule has 5 heterocycles. The smallest absolute Gasteiger partial charge is 0.318 e. The highest BCUT2D eigenvalue weighted by Gasteiger charge is 2.60. The first-order valence-corrected chi connectivity index (χ1v) is 27.6. The fourth-order valence-corrected chi connectivity index (χ4v) is 17.0. The normalized spacial score (nSPS) is 40.0. The lowest BCUT2D eigenvalue weighted by Crippen LogP contribution is -2.62. The van der Waals surface area contributed by atoms with Crippen molar-refractivity contribution >= 4 is 16.2 Å². The molecule has 0 aromatic heterocycles. The molecule has 18 atom stereocenters. The lowest BCUT2D eigenvalue weighted by molar-refractivity contribution is -0.141. The van der Waals surface area contributed by atoms with Crippen LogP contribution in [-0.4, -0.2) is 108 Å². The van der Waals surface area contributed by atoms with Crippen LogP contribution in [-0.2, 0) is 9.83 Å². The van der Waals surface area contributed by atoms with Gasteiger partial charge in [0, 0.05) is 22.4 Å². The van der Waals surface area contributed by atoms with Crippen LogP contribution in [0.1, 0.15) is 102 Å². The van der Waals surface area contributed by atoms with E-state index in [4.69, 9.17) is 33.2 Å². The van der Waals surface area contributed by atoms with Crippen LogP contribution in [0.2, 0.25) is 0 Å². The highest BCUT2D eigenvalue weighted by Crippen LogP contribution is 2.54. The third kappa shape index (κ3) is 8.40. The van der Waals surface area contributed by atoms with E-state index in [1.807, 2.05) is 12.1 Å². The van der Waals surface area contributed by atoms with Crippen molar-refractivity contribution in [2.24, 2.45) is 53.3 Å². The Hall–Kier alpha value is -3.39. The van der Waals surface area contributed by atoms with E-state index >= 15 is 4.79 Å². The molecular formula is C52H80N8O8Si. The summed E-state index contributed by atoms with van der Waals surface area (Å²) in [6, 6.07) is 7.38. The summed E-state index contributed by atoms with van der Waals surface area (Å²) in [5.41, 5.74) is 0.802. The van der Waals surface area contributed by atoms with Crippen LogP contribution in [0.3, 0.4) is 0 Å². The minimum Gasteiger partial charge on any atom is -0.493 e. The third-order valence-electron chi connectivity index (χ3n) is 19.2. The minimum absolute atomic E-state index is 0.0215. The van der Waals surface area contributed by atoms with E-state index in [0.717, 1.165) is 24.8 Å². The second kappa shape index (κ2) is 19.9. The second-order valence-electron chi connectivity index (χ2n) is 22.1. The van der Waals surface area contributed by atoms with E-state index in [-0.39, 0.29) is 73.0 Å². The largest absolute Gasteiger partial charge is 0.493 e. The Morgan fingerprint density at radius 1 is 0.435 bits per heavy atom. The molecule has 0 radical (unpaired) electrons. The molecule has 18 unspecified atom stereocenters. The molecule has 8 N–H and O–H groups in total. The van der Waals surface area contributed by atoms with Gasteiger partial charge in [0.25, 0.3) is 0 Å². The van der Waals surface area contributed by atoms with Crippen LogP contribution in [0, 0.1) is 53.3 Å². The number of esters is 1. The van der Waals surface area contributed by atoms with Crippen molar-refractivity contribution in [1.29, 1.82) is 0 Å². The lowest BCUT2D eigenvalue weighted by atomic mass is 9.64. The molecular weight excluding hydrogens is 893 g/mol. The zero-order valence-corrected chi connectivity index (χ0v) is 44.0. The van der Waals surface area contributed by atoms with Crippen molar-refractivity contribution in [2.75, 3.05) is 42.7 Å². The summed E-state index contributed by atoms with van der Waals surface area (Å²) in [5.74, 6) is 6.28. The Morgan fingerprint density at radius 3 is 1.10 bits per heavy atom. The lowest BCUT2D eigenvalue weighted by Gasteiger charge is -2.47. The number of carbonyl (C=O) groups is 1. The number of carbonyl (C=O) groups excluding carboxylic acids is 1. The van der Waals surface area contributed by atoms with Gasteiger partial charge in [-0.15, -0.1) is 0 Å². The molecule has 8 bridgehead atoms. The zero-order valence-electron chi connectivity index (χ0n) is 42.0. The molecule has 16 nitrogen and oxygen atoms in total. The number of methoxy groups -OCH3 is 6. The van der Waals surface area contributed by atoms with Crippen LogP contribution in [0.15, 0.2) is 24.3 Å². The maximum absolute atomic E-state index is 15.8. The molecule has 9 fully saturated rings. The van der Waals surface area contributed by atoms with Crippen molar-refractivity contribution in [1.82, 2.24) is 42.5 Å². The van der Waals surface area contributed by atoms with Crippen molar-refractivity contribution in [2.45, 2.75) is 151 Å². The number of nitrogens with one attached hydrogen (secondary N) is 8. The van der Waals surface area contributed by atoms with E-state index < -0.39 is 5.04 Å². The molecule has 11 rings (SSSR count). The van der Waals surface area contributed by atoms with Crippen molar-refractivity contribution in [3.8, 4) is 40.2 Å². The van der Waals surface area contributed by atoms with Crippen LogP contribution < -0.4 is 75.7 Å². The highest BCUT2D eigenvalue weighted by atomic mass is 28.1. The first-order valence-electron chi connectivity index (χ1n) is 26.6. The maximum Gasteiger partial charge on any atom is 0.318 e. The monoisotopic (exact) mass is 973 g/mol.